The van der Waals surface area contributed by atoms with Crippen LogP contribution in [0.3, 0.4) is 0 Å². The van der Waals surface area contributed by atoms with Crippen LogP contribution in [0.4, 0.5) is 0 Å². The lowest BCUT2D eigenvalue weighted by atomic mass is 9.88. The first-order valence-corrected chi connectivity index (χ1v) is 18.5. The largest absolute Gasteiger partial charge is 0.497 e. The van der Waals surface area contributed by atoms with Gasteiger partial charge in [-0.05, 0) is 103 Å². The van der Waals surface area contributed by atoms with Crippen LogP contribution < -0.4 is 15.2 Å². The molecule has 262 valence electrons. The first kappa shape index (κ1) is 36.8. The third kappa shape index (κ3) is 8.29. The molecule has 0 spiro atoms. The molecule has 5 rings (SSSR count). The van der Waals surface area contributed by atoms with E-state index in [9.17, 15) is 19.1 Å². The van der Waals surface area contributed by atoms with Gasteiger partial charge in [-0.2, -0.15) is 5.26 Å². The Balaban J connectivity index is 1.41. The quantitative estimate of drug-likeness (QED) is 0.170. The van der Waals surface area contributed by atoms with Crippen molar-refractivity contribution in [3.63, 3.8) is 0 Å². The molecule has 1 aliphatic heterocycles. The van der Waals surface area contributed by atoms with Gasteiger partial charge >= 0.3 is 0 Å². The van der Waals surface area contributed by atoms with Crippen LogP contribution in [-0.2, 0) is 15.6 Å². The Bertz CT molecular complexity index is 1950. The van der Waals surface area contributed by atoms with E-state index in [4.69, 9.17) is 26.8 Å². The van der Waals surface area contributed by atoms with Gasteiger partial charge in [-0.25, -0.2) is 0 Å². The highest BCUT2D eigenvalue weighted by atomic mass is 35.5. The van der Waals surface area contributed by atoms with Crippen LogP contribution in [0.1, 0.15) is 63.7 Å². The maximum Gasteiger partial charge on any atom is 0.258 e. The molecule has 0 aliphatic carbocycles. The molecule has 1 aliphatic rings. The van der Waals surface area contributed by atoms with Gasteiger partial charge in [-0.15, -0.1) is 0 Å². The van der Waals surface area contributed by atoms with Crippen LogP contribution in [0.2, 0.25) is 5.02 Å². The van der Waals surface area contributed by atoms with Gasteiger partial charge in [0.25, 0.3) is 5.91 Å². The maximum atomic E-state index is 14.5. The van der Waals surface area contributed by atoms with Crippen molar-refractivity contribution in [3.05, 3.63) is 99.6 Å². The molecule has 1 fully saturated rings. The highest BCUT2D eigenvalue weighted by Gasteiger charge is 2.30. The van der Waals surface area contributed by atoms with Gasteiger partial charge in [0, 0.05) is 28.6 Å². The summed E-state index contributed by atoms with van der Waals surface area (Å²) in [5, 5.41) is 11.9. The smallest absolute Gasteiger partial charge is 0.258 e. The second-order valence-corrected chi connectivity index (χ2v) is 14.5. The number of hydrogen-bond donors (Lipinski definition) is 1. The second-order valence-electron chi connectivity index (χ2n) is 12.8. The van der Waals surface area contributed by atoms with Crippen molar-refractivity contribution in [3.8, 4) is 17.6 Å². The average molecular weight is 715 g/mol. The molecular formula is C39H43ClN4O5S. The summed E-state index contributed by atoms with van der Waals surface area (Å²) in [4.78, 5) is 31.6. The number of aryl methyl sites for hydroxylation is 1. The van der Waals surface area contributed by atoms with Crippen LogP contribution in [-0.4, -0.2) is 79.0 Å². The Hall–Kier alpha value is -4.43. The molecule has 2 amide bonds. The minimum Gasteiger partial charge on any atom is -0.497 e. The third-order valence-electron chi connectivity index (χ3n) is 9.63. The number of rotatable bonds is 13. The number of carbonyl (C=O) groups excluding carboxylic acids is 2. The number of hydrogen-bond acceptors (Lipinski definition) is 7. The van der Waals surface area contributed by atoms with Gasteiger partial charge in [0.1, 0.15) is 17.6 Å². The first-order valence-electron chi connectivity index (χ1n) is 16.6. The molecular weight excluding hydrogens is 672 g/mol. The van der Waals surface area contributed by atoms with Crippen molar-refractivity contribution >= 4 is 45.0 Å². The predicted molar refractivity (Wildman–Crippen MR) is 198 cm³/mol. The molecule has 11 heteroatoms. The Kier molecular flexibility index (Phi) is 12.2. The molecule has 50 heavy (non-hydrogen) atoms. The van der Waals surface area contributed by atoms with Crippen molar-refractivity contribution in [1.29, 1.82) is 5.26 Å². The van der Waals surface area contributed by atoms with E-state index in [1.54, 1.807) is 19.4 Å². The minimum atomic E-state index is -1.13. The number of halogens is 1. The number of ether oxygens (including phenoxy) is 2. The lowest BCUT2D eigenvalue weighted by Crippen LogP contribution is -2.42. The molecule has 0 aromatic heterocycles. The fraction of sp³-hybridized carbons (Fsp3) is 0.359. The summed E-state index contributed by atoms with van der Waals surface area (Å²) >= 11 is 6.61. The average Bonchev–Trinajstić information content (AvgIpc) is 3.12. The van der Waals surface area contributed by atoms with Crippen molar-refractivity contribution in [1.82, 2.24) is 9.80 Å². The first-order chi connectivity index (χ1) is 24.0. The summed E-state index contributed by atoms with van der Waals surface area (Å²) in [5.41, 5.74) is 9.19. The number of primary amides is 1. The van der Waals surface area contributed by atoms with Crippen molar-refractivity contribution in [2.45, 2.75) is 42.9 Å². The fourth-order valence-corrected chi connectivity index (χ4v) is 7.97. The van der Waals surface area contributed by atoms with Gasteiger partial charge in [0.15, 0.2) is 0 Å². The SMILES string of the molecule is COc1ccc(C2CCN(CCC(CN(CC(N)=O)C(=O)c3c(OC)c(C#N)cc4ccccc34)c3ccc(C)c(Cl)c3)CC2)c(S(C)=O)c1. The molecule has 9 nitrogen and oxygen atoms in total. The molecule has 0 saturated carbocycles. The highest BCUT2D eigenvalue weighted by Crippen LogP contribution is 2.36. The van der Waals surface area contributed by atoms with Gasteiger partial charge in [0.2, 0.25) is 5.91 Å². The number of methoxy groups -OCH3 is 2. The summed E-state index contributed by atoms with van der Waals surface area (Å²) in [6.45, 7) is 4.31. The number of nitrogens with zero attached hydrogens (tertiary/aromatic N) is 3. The zero-order valence-corrected chi connectivity index (χ0v) is 30.5. The number of nitrogens with two attached hydrogens (primary N) is 1. The Morgan fingerprint density at radius 1 is 1.08 bits per heavy atom. The Morgan fingerprint density at radius 2 is 1.82 bits per heavy atom. The summed E-state index contributed by atoms with van der Waals surface area (Å²) < 4.78 is 23.6. The van der Waals surface area contributed by atoms with Gasteiger partial charge in [0.05, 0.1) is 42.7 Å². The van der Waals surface area contributed by atoms with Crippen LogP contribution in [0.5, 0.6) is 11.5 Å². The van der Waals surface area contributed by atoms with Crippen molar-refractivity contribution in [2.24, 2.45) is 5.73 Å². The lowest BCUT2D eigenvalue weighted by molar-refractivity contribution is -0.118. The van der Waals surface area contributed by atoms with Crippen molar-refractivity contribution < 1.29 is 23.3 Å². The van der Waals surface area contributed by atoms with Crippen LogP contribution >= 0.6 is 11.6 Å². The third-order valence-corrected chi connectivity index (χ3v) is 11.0. The minimum absolute atomic E-state index is 0.162. The van der Waals surface area contributed by atoms with Gasteiger partial charge in [-0.1, -0.05) is 54.1 Å². The number of fused-ring (bicyclic) bond motifs is 1. The molecule has 0 bridgehead atoms. The van der Waals surface area contributed by atoms with Crippen LogP contribution in [0.15, 0.2) is 71.6 Å². The highest BCUT2D eigenvalue weighted by molar-refractivity contribution is 7.84. The van der Waals surface area contributed by atoms with Gasteiger partial charge in [-0.3, -0.25) is 13.8 Å². The number of carbonyl (C=O) groups is 2. The Morgan fingerprint density at radius 3 is 2.46 bits per heavy atom. The van der Waals surface area contributed by atoms with E-state index >= 15 is 0 Å². The lowest BCUT2D eigenvalue weighted by Gasteiger charge is -2.34. The summed E-state index contributed by atoms with van der Waals surface area (Å²) in [6, 6.07) is 22.9. The maximum absolute atomic E-state index is 14.5. The zero-order chi connectivity index (χ0) is 35.9. The van der Waals surface area contributed by atoms with E-state index in [-0.39, 0.29) is 35.9 Å². The monoisotopic (exact) mass is 714 g/mol. The second kappa shape index (κ2) is 16.5. The summed E-state index contributed by atoms with van der Waals surface area (Å²) in [7, 11) is 1.91. The van der Waals surface area contributed by atoms with E-state index < -0.39 is 22.6 Å². The molecule has 4 aromatic rings. The molecule has 2 atom stereocenters. The molecule has 4 aromatic carbocycles. The van der Waals surface area contributed by atoms with E-state index in [1.807, 2.05) is 67.6 Å². The predicted octanol–water partition coefficient (Wildman–Crippen LogP) is 6.41. The molecule has 2 N–H and O–H groups in total. The Labute approximate surface area is 301 Å². The fourth-order valence-electron chi connectivity index (χ4n) is 6.93. The molecule has 2 unspecified atom stereocenters. The van der Waals surface area contributed by atoms with E-state index in [0.717, 1.165) is 54.1 Å². The number of amides is 2. The number of nitriles is 1. The van der Waals surface area contributed by atoms with Crippen molar-refractivity contribution in [2.75, 3.05) is 53.2 Å². The van der Waals surface area contributed by atoms with Crippen LogP contribution in [0, 0.1) is 18.3 Å². The normalized spacial score (nSPS) is 14.9. The van der Waals surface area contributed by atoms with Gasteiger partial charge < -0.3 is 25.0 Å². The zero-order valence-electron chi connectivity index (χ0n) is 28.9. The number of likely N-dealkylation sites (tertiary alicyclic amines) is 1. The summed E-state index contributed by atoms with van der Waals surface area (Å²) in [5.74, 6) is -0.114. The molecule has 1 heterocycles. The van der Waals surface area contributed by atoms with E-state index in [0.29, 0.717) is 33.9 Å². The summed E-state index contributed by atoms with van der Waals surface area (Å²) in [6.07, 6.45) is 4.24. The molecule has 1 saturated heterocycles. The molecule has 0 radical (unpaired) electrons. The van der Waals surface area contributed by atoms with E-state index in [2.05, 4.69) is 11.0 Å². The van der Waals surface area contributed by atoms with Crippen LogP contribution in [0.25, 0.3) is 10.8 Å². The number of benzene rings is 4. The topological polar surface area (TPSA) is 126 Å². The van der Waals surface area contributed by atoms with E-state index in [1.165, 1.54) is 12.0 Å². The standard InChI is InChI=1S/C39H43ClN4O5S/c1-25-9-10-27(20-34(25)40)29(15-18-43-16-13-26(14-17-43)32-12-11-31(48-2)21-35(32)50(4)47)23-44(24-36(42)45)39(46)37-33-8-6-5-7-28(33)19-30(22-41)38(37)49-3/h5-12,19-21,26,29H,13-18,23-24H2,1-4H3,(H2,42,45). The number of piperidine rings is 1.